The fourth-order valence-corrected chi connectivity index (χ4v) is 1.97. The Labute approximate surface area is 163 Å². The molecular weight excluding hydrogens is 549 g/mol. The molecule has 2 nitrogen and oxygen atoms in total. The van der Waals surface area contributed by atoms with Crippen molar-refractivity contribution in [3.8, 4) is 0 Å². The summed E-state index contributed by atoms with van der Waals surface area (Å²) >= 11 is 0. The predicted molar refractivity (Wildman–Crippen MR) is 53.5 cm³/mol. The standard InChI is InChI=1S/C10F21NO/c11-1(12,3(15,16)5(19,20)21)2(13,14)4(17,18)6(22,23)32-7(24,25)9(28,29)33-10(30,31)8(32,26)27. The zero-order valence-electron chi connectivity index (χ0n) is 13.8. The highest BCUT2D eigenvalue weighted by Crippen LogP contribution is 2.65. The fraction of sp³-hybridized carbons (Fsp3) is 1.00. The summed E-state index contributed by atoms with van der Waals surface area (Å²) in [5.41, 5.74) is 0. The van der Waals surface area contributed by atoms with Crippen LogP contribution in [0.4, 0.5) is 92.2 Å². The van der Waals surface area contributed by atoms with Gasteiger partial charge in [0.1, 0.15) is 0 Å². The Morgan fingerprint density at radius 2 is 0.697 bits per heavy atom. The maximum atomic E-state index is 13.6. The summed E-state index contributed by atoms with van der Waals surface area (Å²) in [7, 11) is 0. The second kappa shape index (κ2) is 6.77. The molecule has 0 aromatic rings. The average molecular weight is 549 g/mol. The summed E-state index contributed by atoms with van der Waals surface area (Å²) in [4.78, 5) is -4.76. The van der Waals surface area contributed by atoms with Crippen molar-refractivity contribution in [1.82, 2.24) is 4.90 Å². The average Bonchev–Trinajstić information content (AvgIpc) is 2.49. The molecule has 0 saturated carbocycles. The van der Waals surface area contributed by atoms with Gasteiger partial charge < -0.3 is 0 Å². The van der Waals surface area contributed by atoms with Gasteiger partial charge in [-0.1, -0.05) is 4.90 Å². The number of hydrogen-bond acceptors (Lipinski definition) is 2. The molecule has 0 aromatic carbocycles. The van der Waals surface area contributed by atoms with Crippen LogP contribution in [0.5, 0.6) is 0 Å². The second-order valence-electron chi connectivity index (χ2n) is 5.89. The molecule has 0 amide bonds. The molecule has 1 aliphatic heterocycles. The Morgan fingerprint density at radius 1 is 0.424 bits per heavy atom. The molecule has 1 rings (SSSR count). The number of alkyl halides is 21. The zero-order valence-corrected chi connectivity index (χ0v) is 13.8. The van der Waals surface area contributed by atoms with Crippen LogP contribution < -0.4 is 0 Å². The molecule has 198 valence electrons. The molecule has 33 heavy (non-hydrogen) atoms. The van der Waals surface area contributed by atoms with Crippen LogP contribution in [0.15, 0.2) is 0 Å². The van der Waals surface area contributed by atoms with Crippen molar-refractivity contribution < 1.29 is 96.9 Å². The smallest absolute Gasteiger partial charge is 0.243 e. The van der Waals surface area contributed by atoms with Gasteiger partial charge >= 0.3 is 60.2 Å². The summed E-state index contributed by atoms with van der Waals surface area (Å²) < 4.78 is 274. The maximum absolute atomic E-state index is 13.6. The van der Waals surface area contributed by atoms with Crippen LogP contribution in [0, 0.1) is 0 Å². The quantitative estimate of drug-likeness (QED) is 0.292. The van der Waals surface area contributed by atoms with E-state index in [4.69, 9.17) is 0 Å². The predicted octanol–water partition coefficient (Wildman–Crippen LogP) is 6.39. The van der Waals surface area contributed by atoms with E-state index in [1.54, 1.807) is 0 Å². The first-order chi connectivity index (χ1) is 13.8. The number of nitrogens with zero attached hydrogens (tertiary/aromatic N) is 1. The Balaban J connectivity index is 3.91. The van der Waals surface area contributed by atoms with Crippen LogP contribution in [0.2, 0.25) is 0 Å². The third kappa shape index (κ3) is 3.38. The summed E-state index contributed by atoms with van der Waals surface area (Å²) in [6.07, 6.45) is -22.8. The molecule has 0 spiro atoms. The van der Waals surface area contributed by atoms with E-state index < -0.39 is 65.1 Å². The first-order valence-corrected chi connectivity index (χ1v) is 6.80. The van der Waals surface area contributed by atoms with Crippen molar-refractivity contribution in [2.45, 2.75) is 60.2 Å². The third-order valence-corrected chi connectivity index (χ3v) is 3.72. The molecular formula is C10F21NO. The molecule has 0 aromatic heterocycles. The molecule has 1 aliphatic rings. The van der Waals surface area contributed by atoms with E-state index in [1.807, 2.05) is 0 Å². The number of hydrogen-bond donors (Lipinski definition) is 0. The third-order valence-electron chi connectivity index (χ3n) is 3.72. The van der Waals surface area contributed by atoms with Gasteiger partial charge in [-0.05, 0) is 0 Å². The van der Waals surface area contributed by atoms with E-state index in [2.05, 4.69) is 0 Å². The first kappa shape index (κ1) is 29.5. The summed E-state index contributed by atoms with van der Waals surface area (Å²) in [5, 5.41) is 0. The lowest BCUT2D eigenvalue weighted by molar-refractivity contribution is -0.598. The highest BCUT2D eigenvalue weighted by molar-refractivity contribution is 5.12. The Hall–Kier alpha value is -1.55. The van der Waals surface area contributed by atoms with Gasteiger partial charge in [0.05, 0.1) is 0 Å². The van der Waals surface area contributed by atoms with Gasteiger partial charge in [-0.2, -0.15) is 92.2 Å². The molecule has 0 aliphatic carbocycles. The van der Waals surface area contributed by atoms with Crippen molar-refractivity contribution in [3.05, 3.63) is 0 Å². The largest absolute Gasteiger partial charge is 0.460 e. The van der Waals surface area contributed by atoms with Gasteiger partial charge in [-0.25, -0.2) is 4.74 Å². The van der Waals surface area contributed by atoms with Crippen molar-refractivity contribution >= 4 is 0 Å². The molecule has 1 heterocycles. The molecule has 0 bridgehead atoms. The van der Waals surface area contributed by atoms with Crippen molar-refractivity contribution in [1.29, 1.82) is 0 Å². The summed E-state index contributed by atoms with van der Waals surface area (Å²) in [6, 6.07) is -24.7. The number of halogens is 21. The van der Waals surface area contributed by atoms with Crippen LogP contribution in [-0.2, 0) is 4.74 Å². The van der Waals surface area contributed by atoms with Crippen LogP contribution in [0.1, 0.15) is 0 Å². The van der Waals surface area contributed by atoms with Crippen molar-refractivity contribution in [3.63, 3.8) is 0 Å². The molecule has 0 N–H and O–H groups in total. The topological polar surface area (TPSA) is 12.5 Å². The lowest BCUT2D eigenvalue weighted by atomic mass is 9.95. The van der Waals surface area contributed by atoms with Gasteiger partial charge in [0, 0.05) is 0 Å². The highest BCUT2D eigenvalue weighted by atomic mass is 19.4. The van der Waals surface area contributed by atoms with E-state index >= 15 is 0 Å². The highest BCUT2D eigenvalue weighted by Gasteiger charge is 2.96. The van der Waals surface area contributed by atoms with E-state index in [0.29, 0.717) is 0 Å². The molecule has 1 fully saturated rings. The van der Waals surface area contributed by atoms with Crippen molar-refractivity contribution in [2.75, 3.05) is 0 Å². The number of morpholine rings is 1. The fourth-order valence-electron chi connectivity index (χ4n) is 1.97. The van der Waals surface area contributed by atoms with Crippen LogP contribution in [0.3, 0.4) is 0 Å². The second-order valence-corrected chi connectivity index (χ2v) is 5.89. The van der Waals surface area contributed by atoms with E-state index in [0.717, 1.165) is 0 Å². The van der Waals surface area contributed by atoms with Gasteiger partial charge in [-0.3, -0.25) is 0 Å². The molecule has 0 radical (unpaired) electrons. The van der Waals surface area contributed by atoms with E-state index in [1.165, 1.54) is 4.74 Å². The van der Waals surface area contributed by atoms with Gasteiger partial charge in [0.15, 0.2) is 0 Å². The van der Waals surface area contributed by atoms with E-state index in [9.17, 15) is 92.2 Å². The van der Waals surface area contributed by atoms with Gasteiger partial charge in [0.2, 0.25) is 0 Å². The molecule has 1 saturated heterocycles. The maximum Gasteiger partial charge on any atom is 0.460 e. The molecule has 0 atom stereocenters. The van der Waals surface area contributed by atoms with Crippen LogP contribution in [-0.4, -0.2) is 65.1 Å². The van der Waals surface area contributed by atoms with Crippen LogP contribution in [0.25, 0.3) is 0 Å². The molecule has 0 unspecified atom stereocenters. The minimum absolute atomic E-state index is 1.49. The minimum Gasteiger partial charge on any atom is -0.243 e. The van der Waals surface area contributed by atoms with Gasteiger partial charge in [-0.15, -0.1) is 0 Å². The summed E-state index contributed by atoms with van der Waals surface area (Å²) in [5.74, 6) is -35.3. The van der Waals surface area contributed by atoms with Crippen molar-refractivity contribution in [2.24, 2.45) is 0 Å². The van der Waals surface area contributed by atoms with Crippen LogP contribution >= 0.6 is 0 Å². The summed E-state index contributed by atoms with van der Waals surface area (Å²) in [6.45, 7) is 0. The van der Waals surface area contributed by atoms with Gasteiger partial charge in [0.25, 0.3) is 0 Å². The first-order valence-electron chi connectivity index (χ1n) is 6.80. The van der Waals surface area contributed by atoms with E-state index in [-0.39, 0.29) is 0 Å². The zero-order chi connectivity index (χ0) is 27.3. The Morgan fingerprint density at radius 3 is 0.970 bits per heavy atom. The SMILES string of the molecule is FC(F)(F)C(F)(F)C(F)(F)C(F)(F)C(F)(F)C(F)(F)N1C(F)(F)C(F)(F)OC(F)(F)C1(F)F. The Kier molecular flexibility index (Phi) is 6.05. The molecule has 23 heteroatoms. The lowest BCUT2D eigenvalue weighted by Gasteiger charge is -2.51. The number of rotatable bonds is 5. The minimum atomic E-state index is -9.05. The normalized spacial score (nSPS) is 24.6. The lowest BCUT2D eigenvalue weighted by Crippen LogP contribution is -2.82. The number of ether oxygens (including phenoxy) is 1. The Bertz CT molecular complexity index is 737. The monoisotopic (exact) mass is 549 g/mol.